The molecule has 0 aromatic heterocycles. The first-order valence-electron chi connectivity index (χ1n) is 10.8. The van der Waals surface area contributed by atoms with Crippen molar-refractivity contribution in [2.75, 3.05) is 19.7 Å². The van der Waals surface area contributed by atoms with Gasteiger partial charge in [0, 0.05) is 25.2 Å². The van der Waals surface area contributed by atoms with Crippen molar-refractivity contribution < 1.29 is 19.0 Å². The fraction of sp³-hybridized carbons (Fsp3) is 0.696. The molecule has 162 valence electrons. The number of hydrogen-bond donors (Lipinski definition) is 1. The number of nitrogens with zero attached hydrogens (tertiary/aromatic N) is 1. The average Bonchev–Trinajstić information content (AvgIpc) is 2.65. The summed E-state index contributed by atoms with van der Waals surface area (Å²) in [6, 6.07) is 6.18. The Balaban J connectivity index is 1.52. The van der Waals surface area contributed by atoms with E-state index in [-0.39, 0.29) is 17.7 Å². The second-order valence-electron chi connectivity index (χ2n) is 9.50. The van der Waals surface area contributed by atoms with E-state index in [2.05, 4.69) is 31.3 Å². The molecule has 1 unspecified atom stereocenters. The Morgan fingerprint density at radius 1 is 1.28 bits per heavy atom. The average molecular weight is 405 g/mol. The summed E-state index contributed by atoms with van der Waals surface area (Å²) >= 11 is 0. The lowest BCUT2D eigenvalue weighted by atomic mass is 9.89. The van der Waals surface area contributed by atoms with Gasteiger partial charge in [-0.25, -0.2) is 4.79 Å². The largest absolute Gasteiger partial charge is 0.486 e. The predicted molar refractivity (Wildman–Crippen MR) is 114 cm³/mol. The highest BCUT2D eigenvalue weighted by molar-refractivity contribution is 5.68. The van der Waals surface area contributed by atoms with Crippen LogP contribution in [0.25, 0.3) is 0 Å². The third-order valence-corrected chi connectivity index (χ3v) is 5.58. The van der Waals surface area contributed by atoms with E-state index in [0.717, 1.165) is 43.7 Å². The molecule has 0 radical (unpaired) electrons. The second-order valence-corrected chi connectivity index (χ2v) is 9.50. The van der Waals surface area contributed by atoms with Crippen LogP contribution in [0.15, 0.2) is 18.2 Å². The van der Waals surface area contributed by atoms with Gasteiger partial charge in [0.1, 0.15) is 18.3 Å². The number of benzene rings is 1. The minimum atomic E-state index is -0.454. The number of amides is 1. The molecule has 1 amide bonds. The van der Waals surface area contributed by atoms with E-state index < -0.39 is 5.60 Å². The van der Waals surface area contributed by atoms with E-state index in [4.69, 9.17) is 14.2 Å². The molecule has 0 bridgehead atoms. The van der Waals surface area contributed by atoms with Crippen molar-refractivity contribution >= 4 is 6.09 Å². The van der Waals surface area contributed by atoms with Crippen molar-refractivity contribution in [3.05, 3.63) is 23.8 Å². The summed E-state index contributed by atoms with van der Waals surface area (Å²) in [4.78, 5) is 14.1. The predicted octanol–water partition coefficient (Wildman–Crippen LogP) is 4.51. The van der Waals surface area contributed by atoms with E-state index >= 15 is 0 Å². The lowest BCUT2D eigenvalue weighted by molar-refractivity contribution is 0.0156. The van der Waals surface area contributed by atoms with Gasteiger partial charge in [0.05, 0.1) is 0 Å². The molecule has 1 aromatic carbocycles. The van der Waals surface area contributed by atoms with Gasteiger partial charge in [-0.15, -0.1) is 0 Å². The van der Waals surface area contributed by atoms with Gasteiger partial charge in [0.15, 0.2) is 11.5 Å². The molecule has 0 saturated carbocycles. The molecule has 1 fully saturated rings. The Morgan fingerprint density at radius 3 is 2.66 bits per heavy atom. The van der Waals surface area contributed by atoms with Crippen LogP contribution >= 0.6 is 0 Å². The molecule has 1 saturated heterocycles. The smallest absolute Gasteiger partial charge is 0.410 e. The van der Waals surface area contributed by atoms with Gasteiger partial charge in [-0.1, -0.05) is 19.4 Å². The van der Waals surface area contributed by atoms with Crippen molar-refractivity contribution in [1.29, 1.82) is 0 Å². The van der Waals surface area contributed by atoms with Crippen molar-refractivity contribution in [1.82, 2.24) is 10.2 Å². The summed E-state index contributed by atoms with van der Waals surface area (Å²) in [6.45, 7) is 12.9. The quantitative estimate of drug-likeness (QED) is 0.783. The first-order chi connectivity index (χ1) is 13.7. The first kappa shape index (κ1) is 21.8. The SMILES string of the molecule is CCCC1COc2ccc(CNC3(C)CCN(C(=O)OC(C)(C)C)CC3)cc2O1. The molecule has 2 heterocycles. The molecule has 6 nitrogen and oxygen atoms in total. The van der Waals surface area contributed by atoms with Gasteiger partial charge in [-0.05, 0) is 64.7 Å². The van der Waals surface area contributed by atoms with Crippen LogP contribution in [0.4, 0.5) is 4.79 Å². The summed E-state index contributed by atoms with van der Waals surface area (Å²) in [5, 5.41) is 3.69. The molecule has 1 aromatic rings. The standard InChI is InChI=1S/C23H36N2O4/c1-6-7-18-16-27-19-9-8-17(14-20(19)28-18)15-24-23(5)10-12-25(13-11-23)21(26)29-22(2,3)4/h8-9,14,18,24H,6-7,10-13,15-16H2,1-5H3. The van der Waals surface area contributed by atoms with Crippen LogP contribution < -0.4 is 14.8 Å². The van der Waals surface area contributed by atoms with Gasteiger partial charge in [0.25, 0.3) is 0 Å². The van der Waals surface area contributed by atoms with Crippen LogP contribution in [0.2, 0.25) is 0 Å². The maximum Gasteiger partial charge on any atom is 0.410 e. The number of rotatable bonds is 5. The van der Waals surface area contributed by atoms with Crippen molar-refractivity contribution in [3.8, 4) is 11.5 Å². The van der Waals surface area contributed by atoms with Crippen LogP contribution in [-0.4, -0.2) is 47.9 Å². The Morgan fingerprint density at radius 2 is 2.00 bits per heavy atom. The Labute approximate surface area is 174 Å². The minimum Gasteiger partial charge on any atom is -0.486 e. The van der Waals surface area contributed by atoms with Gasteiger partial charge >= 0.3 is 6.09 Å². The number of likely N-dealkylation sites (tertiary alicyclic amines) is 1. The molecule has 2 aliphatic heterocycles. The summed E-state index contributed by atoms with van der Waals surface area (Å²) < 4.78 is 17.4. The van der Waals surface area contributed by atoms with Crippen LogP contribution in [0, 0.1) is 0 Å². The third-order valence-electron chi connectivity index (χ3n) is 5.58. The number of nitrogens with one attached hydrogen (secondary N) is 1. The molecule has 1 atom stereocenters. The fourth-order valence-electron chi connectivity index (χ4n) is 3.74. The van der Waals surface area contributed by atoms with Gasteiger partial charge in [-0.3, -0.25) is 0 Å². The fourth-order valence-corrected chi connectivity index (χ4v) is 3.74. The Bertz CT molecular complexity index is 705. The molecule has 0 aliphatic carbocycles. The summed E-state index contributed by atoms with van der Waals surface area (Å²) in [6.07, 6.45) is 3.82. The Kier molecular flexibility index (Phi) is 6.62. The monoisotopic (exact) mass is 404 g/mol. The maximum atomic E-state index is 12.3. The number of fused-ring (bicyclic) bond motifs is 1. The van der Waals surface area contributed by atoms with Gasteiger partial charge < -0.3 is 24.4 Å². The summed E-state index contributed by atoms with van der Waals surface area (Å²) in [7, 11) is 0. The Hall–Kier alpha value is -1.95. The third kappa shape index (κ3) is 6.01. The summed E-state index contributed by atoms with van der Waals surface area (Å²) in [5.41, 5.74) is 0.723. The van der Waals surface area contributed by atoms with Gasteiger partial charge in [0.2, 0.25) is 0 Å². The second kappa shape index (κ2) is 8.82. The lowest BCUT2D eigenvalue weighted by Gasteiger charge is -2.40. The van der Waals surface area contributed by atoms with E-state index in [1.54, 1.807) is 0 Å². The maximum absolute atomic E-state index is 12.3. The zero-order valence-corrected chi connectivity index (χ0v) is 18.5. The molecule has 1 N–H and O–H groups in total. The molecular formula is C23H36N2O4. The van der Waals surface area contributed by atoms with Crippen LogP contribution in [0.3, 0.4) is 0 Å². The zero-order valence-electron chi connectivity index (χ0n) is 18.5. The van der Waals surface area contributed by atoms with E-state index in [1.165, 1.54) is 5.56 Å². The number of hydrogen-bond acceptors (Lipinski definition) is 5. The highest BCUT2D eigenvalue weighted by Gasteiger charge is 2.33. The van der Waals surface area contributed by atoms with Crippen LogP contribution in [-0.2, 0) is 11.3 Å². The minimum absolute atomic E-state index is 0.00345. The highest BCUT2D eigenvalue weighted by atomic mass is 16.6. The summed E-state index contributed by atoms with van der Waals surface area (Å²) in [5.74, 6) is 1.68. The van der Waals surface area contributed by atoms with Crippen molar-refractivity contribution in [3.63, 3.8) is 0 Å². The zero-order chi connectivity index (χ0) is 21.1. The number of ether oxygens (including phenoxy) is 3. The van der Waals surface area contributed by atoms with Gasteiger partial charge in [-0.2, -0.15) is 0 Å². The van der Waals surface area contributed by atoms with E-state index in [1.807, 2.05) is 31.7 Å². The first-order valence-corrected chi connectivity index (χ1v) is 10.8. The number of carbonyl (C=O) groups is 1. The normalized spacial score (nSPS) is 21.0. The van der Waals surface area contributed by atoms with Crippen LogP contribution in [0.1, 0.15) is 65.9 Å². The van der Waals surface area contributed by atoms with Crippen molar-refractivity contribution in [2.24, 2.45) is 0 Å². The van der Waals surface area contributed by atoms with E-state index in [0.29, 0.717) is 19.7 Å². The topological polar surface area (TPSA) is 60.0 Å². The molecule has 29 heavy (non-hydrogen) atoms. The highest BCUT2D eigenvalue weighted by Crippen LogP contribution is 2.34. The number of carbonyl (C=O) groups excluding carboxylic acids is 1. The lowest BCUT2D eigenvalue weighted by Crippen LogP contribution is -2.53. The van der Waals surface area contributed by atoms with Crippen molar-refractivity contribution in [2.45, 2.75) is 84.1 Å². The molecule has 3 rings (SSSR count). The van der Waals surface area contributed by atoms with Crippen LogP contribution in [0.5, 0.6) is 11.5 Å². The molecular weight excluding hydrogens is 368 g/mol. The molecule has 0 spiro atoms. The molecule has 6 heteroatoms. The molecule has 2 aliphatic rings. The number of piperidine rings is 1. The van der Waals surface area contributed by atoms with E-state index in [9.17, 15) is 4.79 Å².